The molecule has 22 N–H and O–H groups in total. The minimum atomic E-state index is -1.02. The van der Waals surface area contributed by atoms with E-state index in [4.69, 9.17) is 74.1 Å². The first-order valence-corrected chi connectivity index (χ1v) is 44.9. The lowest BCUT2D eigenvalue weighted by atomic mass is 10.1. The fraction of sp³-hybridized carbons (Fsp3) is 0.181. The van der Waals surface area contributed by atoms with Gasteiger partial charge in [0.1, 0.15) is 76.2 Å². The van der Waals surface area contributed by atoms with Crippen LogP contribution in [0.15, 0.2) is 146 Å². The molecule has 0 amide bonds. The average molecular weight is 2950 g/mol. The van der Waals surface area contributed by atoms with Crippen molar-refractivity contribution in [1.82, 2.24) is 0 Å². The first-order chi connectivity index (χ1) is 50.9. The summed E-state index contributed by atoms with van der Waals surface area (Å²) in [5.41, 5.74) is 38.7. The van der Waals surface area contributed by atoms with E-state index in [9.17, 15) is 49.5 Å². The molecule has 6 unspecified atom stereocenters. The maximum Gasteiger partial charge on any atom is 0.320 e. The van der Waals surface area contributed by atoms with Crippen LogP contribution in [0.5, 0.6) is 63.2 Å². The van der Waals surface area contributed by atoms with Crippen LogP contribution in [0.4, 0.5) is 0 Å². The Balaban J connectivity index is 0.000000281. The maximum atomic E-state index is 10.9. The number of carbonyl (C=O) groups is 5. The number of carboxylic acids is 5. The number of rotatable bonds is 23. The molecule has 0 radical (unpaired) electrons. The third-order valence-electron chi connectivity index (χ3n) is 14.0. The number of hydrogen-bond acceptors (Lipinski definition) is 19. The Morgan fingerprint density at radius 2 is 0.541 bits per heavy atom. The molecule has 6 atom stereocenters. The lowest BCUT2D eigenvalue weighted by Crippen LogP contribution is -2.32. The maximum absolute atomic E-state index is 10.9. The zero-order valence-electron chi connectivity index (χ0n) is 56.2. The van der Waals surface area contributed by atoms with Crippen molar-refractivity contribution in [2.75, 3.05) is 0 Å². The van der Waals surface area contributed by atoms with Crippen molar-refractivity contribution in [3.05, 3.63) is 225 Å². The fourth-order valence-corrected chi connectivity index (χ4v) is 20.0. The summed E-state index contributed by atoms with van der Waals surface area (Å²) in [5, 5.41) is 91.3. The van der Waals surface area contributed by atoms with Gasteiger partial charge in [0.25, 0.3) is 0 Å². The second kappa shape index (κ2) is 49.3. The quantitative estimate of drug-likeness (QED) is 0.0264. The van der Waals surface area contributed by atoms with Crippen molar-refractivity contribution in [1.29, 1.82) is 0 Å². The van der Waals surface area contributed by atoms with Gasteiger partial charge in [0.15, 0.2) is 17.2 Å². The summed E-state index contributed by atoms with van der Waals surface area (Å²) in [6, 6.07) is 38.4. The Morgan fingerprint density at radius 3 is 0.872 bits per heavy atom. The summed E-state index contributed by atoms with van der Waals surface area (Å²) < 4.78 is 28.6. The monoisotopic (exact) mass is 2950 g/mol. The van der Waals surface area contributed by atoms with Crippen LogP contribution in [-0.4, -0.2) is 117 Å². The molecule has 0 spiro atoms. The third kappa shape index (κ3) is 35.4. The van der Waals surface area contributed by atoms with Crippen molar-refractivity contribution in [2.24, 2.45) is 34.4 Å². The standard InChI is InChI=1S/C15H11I4NO4.C15H12I3NO4.C15H13I2NO4.C9H11I2NO.C9H10INO3.C9H10INO2/c16-8-4-7(5-9(17)13(8)21)24-14-10(18)1-6(2-11(14)19)3-12(20)15(22)23;16-9-6-8(1-2-13(9)20)23-14-10(17)3-7(4-11(14)18)5-12(19)15(21)22;16-11-5-8(7-13(18)15(20)21)6-12(17)14(11)22-10-3-1-9(19)2-4-10;1-5(12)2-6-3-7(10)9(13)8(11)4-6;10-6-3-5(1-2-8(6)12)4-7(11)9(13)14;10-7-3-1-6(2-4-7)5-8(11)9(12)13/h1-2,4-5,12,21H,3,20H2,(H,22,23);1-4,6,12,20H,5,19H2,(H,21,22);1-6,13,19H,7,18H2,(H,20,21);3-5,13H,2,12H2,1H3;1-3,7,12H,4,11H2,(H,13,14);1-4,8H,5,11H2,(H,12,13). The predicted molar refractivity (Wildman–Crippen MR) is 526 cm³/mol. The summed E-state index contributed by atoms with van der Waals surface area (Å²) in [6.07, 6.45) is 2.29. The van der Waals surface area contributed by atoms with E-state index in [1.54, 1.807) is 66.7 Å². The molecule has 109 heavy (non-hydrogen) atoms. The van der Waals surface area contributed by atoms with E-state index in [-0.39, 0.29) is 54.7 Å². The highest BCUT2D eigenvalue weighted by Crippen LogP contribution is 2.39. The molecule has 0 aliphatic heterocycles. The van der Waals surface area contributed by atoms with Crippen LogP contribution in [0.25, 0.3) is 0 Å². The van der Waals surface area contributed by atoms with Gasteiger partial charge in [-0.1, -0.05) is 18.2 Å². The van der Waals surface area contributed by atoms with Gasteiger partial charge < -0.3 is 99.7 Å². The number of benzene rings is 9. The largest absolute Gasteiger partial charge is 0.508 e. The van der Waals surface area contributed by atoms with Gasteiger partial charge in [0.2, 0.25) is 0 Å². The second-order valence-electron chi connectivity index (χ2n) is 23.1. The second-order valence-corrected chi connectivity index (χ2v) is 38.3. The number of phenolic OH excluding ortho intramolecular Hbond substituents is 5. The van der Waals surface area contributed by atoms with Gasteiger partial charge >= 0.3 is 29.8 Å². The molecule has 9 aromatic carbocycles. The molecule has 0 aromatic heterocycles. The number of carboxylic acid groups (broad SMARTS) is 5. The molecule has 0 aliphatic carbocycles. The molecule has 0 saturated heterocycles. The van der Waals surface area contributed by atoms with Crippen molar-refractivity contribution >= 4 is 324 Å². The Hall–Kier alpha value is -2.02. The van der Waals surface area contributed by atoms with Crippen LogP contribution in [0.1, 0.15) is 40.3 Å². The highest BCUT2D eigenvalue weighted by Gasteiger charge is 2.21. The normalized spacial score (nSPS) is 12.2. The average Bonchev–Trinajstić information content (AvgIpc) is 0.881. The zero-order chi connectivity index (χ0) is 82.0. The fourth-order valence-electron chi connectivity index (χ4n) is 8.61. The molecule has 37 heteroatoms. The van der Waals surface area contributed by atoms with Gasteiger partial charge in [-0.15, -0.1) is 0 Å². The molecule has 9 rings (SSSR count). The van der Waals surface area contributed by atoms with Gasteiger partial charge in [-0.2, -0.15) is 0 Å². The lowest BCUT2D eigenvalue weighted by Gasteiger charge is -2.14. The molecule has 0 heterocycles. The van der Waals surface area contributed by atoms with Crippen molar-refractivity contribution < 1.29 is 89.2 Å². The van der Waals surface area contributed by atoms with E-state index in [0.29, 0.717) is 60.9 Å². The van der Waals surface area contributed by atoms with Crippen LogP contribution >= 0.6 is 294 Å². The number of halogens is 13. The van der Waals surface area contributed by atoms with E-state index in [0.717, 1.165) is 66.4 Å². The number of phenols is 5. The summed E-state index contributed by atoms with van der Waals surface area (Å²) in [7, 11) is 0. The highest BCUT2D eigenvalue weighted by atomic mass is 127. The summed E-state index contributed by atoms with van der Waals surface area (Å²) in [5.74, 6) is 0.104. The Bertz CT molecular complexity index is 4540. The number of nitrogens with two attached hydrogens (primary N) is 6. The van der Waals surface area contributed by atoms with E-state index >= 15 is 0 Å². The van der Waals surface area contributed by atoms with Crippen molar-refractivity contribution in [3.8, 4) is 63.2 Å². The molecule has 0 aliphatic rings. The number of hydrogen-bond donors (Lipinski definition) is 16. The predicted octanol–water partition coefficient (Wildman–Crippen LogP) is 16.5. The van der Waals surface area contributed by atoms with Crippen molar-refractivity contribution in [2.45, 2.75) is 81.7 Å². The van der Waals surface area contributed by atoms with E-state index in [1.165, 1.54) is 11.6 Å². The number of aromatic hydroxyl groups is 5. The summed E-state index contributed by atoms with van der Waals surface area (Å²) in [4.78, 5) is 53.5. The first kappa shape index (κ1) is 99.3. The molecule has 584 valence electrons. The molecule has 0 saturated carbocycles. The summed E-state index contributed by atoms with van der Waals surface area (Å²) in [6.45, 7) is 1.98. The van der Waals surface area contributed by atoms with Crippen LogP contribution < -0.4 is 48.6 Å². The molecule has 0 bridgehead atoms. The van der Waals surface area contributed by atoms with Gasteiger partial charge in [0.05, 0.1) is 42.8 Å². The van der Waals surface area contributed by atoms with Crippen LogP contribution in [-0.2, 0) is 62.5 Å². The number of aliphatic carboxylic acids is 5. The first-order valence-electron chi connectivity index (χ1n) is 30.9. The Kier molecular flexibility index (Phi) is 44.9. The smallest absolute Gasteiger partial charge is 0.320 e. The van der Waals surface area contributed by atoms with Gasteiger partial charge in [-0.25, -0.2) is 0 Å². The molecule has 9 aromatic rings. The molecular formula is C72H67I13N6O18. The van der Waals surface area contributed by atoms with Gasteiger partial charge in [0, 0.05) is 9.61 Å². The minimum Gasteiger partial charge on any atom is -0.508 e. The topological polar surface area (TPSA) is 471 Å². The van der Waals surface area contributed by atoms with Crippen molar-refractivity contribution in [3.63, 3.8) is 0 Å². The third-order valence-corrected chi connectivity index (χ3v) is 24.5. The summed E-state index contributed by atoms with van der Waals surface area (Å²) >= 11 is 27.5. The number of ether oxygens (including phenoxy) is 3. The van der Waals surface area contributed by atoms with Crippen LogP contribution in [0.2, 0.25) is 0 Å². The zero-order valence-corrected chi connectivity index (χ0v) is 84.2. The van der Waals surface area contributed by atoms with Gasteiger partial charge in [-0.3, -0.25) is 24.0 Å². The van der Waals surface area contributed by atoms with Crippen LogP contribution in [0.3, 0.4) is 0 Å². The highest BCUT2D eigenvalue weighted by molar-refractivity contribution is 14.1. The minimum absolute atomic E-state index is 0.163. The lowest BCUT2D eigenvalue weighted by molar-refractivity contribution is -0.139. The Morgan fingerprint density at radius 1 is 0.294 bits per heavy atom. The van der Waals surface area contributed by atoms with Gasteiger partial charge in [-0.05, 0) is 500 Å². The molecular weight excluding hydrogens is 2890 g/mol. The molecule has 24 nitrogen and oxygen atoms in total. The molecule has 0 fully saturated rings. The van der Waals surface area contributed by atoms with E-state index in [2.05, 4.69) is 248 Å². The Labute approximate surface area is 804 Å². The van der Waals surface area contributed by atoms with E-state index < -0.39 is 60.1 Å². The SMILES string of the molecule is CC(N)Cc1cc(I)c(O)c(I)c1.NC(Cc1cc(I)c(Oc2cc(I)c(O)c(I)c2)c(I)c1)C(=O)O.NC(Cc1cc(I)c(Oc2ccc(O)c(I)c2)c(I)c1)C(=O)O.NC(Cc1cc(I)c(Oc2ccc(O)cc2)c(I)c1)C(=O)O.NC(Cc1ccc(I)cc1)C(=O)O.NC(Cc1ccc(O)c(I)c1)C(=O)O. The van der Waals surface area contributed by atoms with E-state index in [1.807, 2.05) is 125 Å². The van der Waals surface area contributed by atoms with Crippen LogP contribution in [0, 0.1) is 46.4 Å².